The highest BCUT2D eigenvalue weighted by atomic mass is 32.2. The van der Waals surface area contributed by atoms with Gasteiger partial charge in [0.2, 0.25) is 11.8 Å². The number of hydrogen-bond acceptors (Lipinski definition) is 5. The molecule has 6 heteroatoms. The predicted octanol–water partition coefficient (Wildman–Crippen LogP) is 4.54. The number of hydrogen-bond donors (Lipinski definition) is 2. The van der Waals surface area contributed by atoms with Crippen LogP contribution in [0.25, 0.3) is 0 Å². The maximum absolute atomic E-state index is 9.72. The van der Waals surface area contributed by atoms with Crippen LogP contribution in [0.5, 0.6) is 5.88 Å². The van der Waals surface area contributed by atoms with E-state index in [1.165, 1.54) is 10.5 Å². The van der Waals surface area contributed by atoms with Gasteiger partial charge in [-0.3, -0.25) is 5.10 Å². The lowest BCUT2D eigenvalue weighted by molar-refractivity contribution is 0.354. The summed E-state index contributed by atoms with van der Waals surface area (Å²) in [7, 11) is 0. The molecule has 2 unspecified atom stereocenters. The lowest BCUT2D eigenvalue weighted by atomic mass is 9.75. The van der Waals surface area contributed by atoms with Crippen molar-refractivity contribution >= 4 is 11.8 Å². The molecule has 0 saturated heterocycles. The summed E-state index contributed by atoms with van der Waals surface area (Å²) in [6.07, 6.45) is 7.68. The molecular weight excluding hydrogens is 356 g/mol. The van der Waals surface area contributed by atoms with E-state index >= 15 is 0 Å². The summed E-state index contributed by atoms with van der Waals surface area (Å²) in [6.45, 7) is 2.08. The molecule has 1 aliphatic carbocycles. The number of ether oxygens (including phenoxy) is 1. The first kappa shape index (κ1) is 17.7. The molecule has 3 N–H and O–H groups in total. The van der Waals surface area contributed by atoms with Crippen molar-refractivity contribution in [2.24, 2.45) is 11.7 Å². The number of benzene rings is 1. The minimum Gasteiger partial charge on any atom is -0.420 e. The van der Waals surface area contributed by atoms with E-state index in [2.05, 4.69) is 59.6 Å². The molecule has 0 radical (unpaired) electrons. The fraction of sp³-hybridized carbons (Fsp3) is 0.333. The van der Waals surface area contributed by atoms with E-state index in [4.69, 9.17) is 10.5 Å². The number of nitrogens with one attached hydrogen (secondary N) is 1. The van der Waals surface area contributed by atoms with Gasteiger partial charge in [0.1, 0.15) is 6.07 Å². The summed E-state index contributed by atoms with van der Waals surface area (Å²) in [5.74, 6) is 1.58. The fourth-order valence-electron chi connectivity index (χ4n) is 3.79. The van der Waals surface area contributed by atoms with Gasteiger partial charge in [0, 0.05) is 22.1 Å². The van der Waals surface area contributed by atoms with Crippen LogP contribution in [-0.4, -0.2) is 10.2 Å². The monoisotopic (exact) mass is 378 g/mol. The number of fused-ring (bicyclic) bond motifs is 1. The summed E-state index contributed by atoms with van der Waals surface area (Å²) >= 11 is 1.74. The highest BCUT2D eigenvalue weighted by molar-refractivity contribution is 7.98. The Kier molecular flexibility index (Phi) is 4.95. The Balaban J connectivity index is 1.66. The number of thioether (sulfide) groups is 1. The van der Waals surface area contributed by atoms with Gasteiger partial charge in [-0.25, -0.2) is 0 Å². The zero-order chi connectivity index (χ0) is 18.8. The smallest absolute Gasteiger partial charge is 0.243 e. The van der Waals surface area contributed by atoms with Gasteiger partial charge in [0.25, 0.3) is 0 Å². The molecule has 2 heterocycles. The van der Waals surface area contributed by atoms with Crippen molar-refractivity contribution in [3.8, 4) is 11.9 Å². The first-order chi connectivity index (χ1) is 13.2. The average molecular weight is 379 g/mol. The molecular formula is C21H22N4OS. The maximum Gasteiger partial charge on any atom is 0.243 e. The largest absolute Gasteiger partial charge is 0.420 e. The Bertz CT molecular complexity index is 936. The molecule has 0 spiro atoms. The number of allylic oxidation sites excluding steroid dienone is 3. The van der Waals surface area contributed by atoms with Crippen LogP contribution in [0, 0.1) is 24.2 Å². The first-order valence-corrected chi connectivity index (χ1v) is 10.2. The number of nitrogens with two attached hydrogens (primary N) is 1. The number of nitrogens with zero attached hydrogens (tertiary/aromatic N) is 2. The molecule has 1 aromatic heterocycles. The second-order valence-corrected chi connectivity index (χ2v) is 8.06. The third-order valence-electron chi connectivity index (χ3n) is 5.19. The van der Waals surface area contributed by atoms with Crippen molar-refractivity contribution in [2.45, 2.75) is 42.8 Å². The molecule has 0 amide bonds. The number of rotatable bonds is 4. The summed E-state index contributed by atoms with van der Waals surface area (Å²) in [4.78, 5) is 1.20. The zero-order valence-corrected chi connectivity index (χ0v) is 16.1. The molecule has 138 valence electrons. The number of aromatic amines is 1. The topological polar surface area (TPSA) is 87.7 Å². The van der Waals surface area contributed by atoms with Crippen molar-refractivity contribution in [3.63, 3.8) is 0 Å². The average Bonchev–Trinajstić information content (AvgIpc) is 3.09. The van der Waals surface area contributed by atoms with Crippen LogP contribution in [0.15, 0.2) is 52.8 Å². The molecule has 27 heavy (non-hydrogen) atoms. The number of H-pyrrole nitrogens is 1. The zero-order valence-electron chi connectivity index (χ0n) is 15.2. The van der Waals surface area contributed by atoms with E-state index in [9.17, 15) is 5.26 Å². The quantitative estimate of drug-likeness (QED) is 0.602. The second-order valence-electron chi connectivity index (χ2n) is 7.02. The lowest BCUT2D eigenvalue weighted by Gasteiger charge is -2.30. The van der Waals surface area contributed by atoms with E-state index in [1.807, 2.05) is 0 Å². The minimum atomic E-state index is -0.0948. The Morgan fingerprint density at radius 3 is 2.89 bits per heavy atom. The van der Waals surface area contributed by atoms with Crippen LogP contribution in [-0.2, 0) is 5.75 Å². The van der Waals surface area contributed by atoms with Crippen molar-refractivity contribution in [1.82, 2.24) is 10.2 Å². The molecule has 0 saturated carbocycles. The fourth-order valence-corrected chi connectivity index (χ4v) is 4.65. The third-order valence-corrected chi connectivity index (χ3v) is 6.22. The van der Waals surface area contributed by atoms with Crippen LogP contribution in [0.1, 0.15) is 42.0 Å². The Morgan fingerprint density at radius 1 is 1.37 bits per heavy atom. The van der Waals surface area contributed by atoms with E-state index < -0.39 is 0 Å². The summed E-state index contributed by atoms with van der Waals surface area (Å²) in [5.41, 5.74) is 9.79. The van der Waals surface area contributed by atoms with E-state index in [-0.39, 0.29) is 17.7 Å². The van der Waals surface area contributed by atoms with Crippen molar-refractivity contribution in [3.05, 3.63) is 64.7 Å². The number of aryl methyl sites for hydroxylation is 1. The minimum absolute atomic E-state index is 0.0948. The maximum atomic E-state index is 9.72. The van der Waals surface area contributed by atoms with Crippen LogP contribution in [0.2, 0.25) is 0 Å². The first-order valence-electron chi connectivity index (χ1n) is 9.18. The Morgan fingerprint density at radius 2 is 2.19 bits per heavy atom. The molecule has 5 nitrogen and oxygen atoms in total. The Labute approximate surface area is 163 Å². The SMILES string of the molecule is Cc1ccc(SCc2[nH]nc3c2C(C2C=CCCC2)C(C#N)=C(N)O3)cc1. The Hall–Kier alpha value is -2.65. The predicted molar refractivity (Wildman–Crippen MR) is 106 cm³/mol. The van der Waals surface area contributed by atoms with Crippen LogP contribution in [0.4, 0.5) is 0 Å². The van der Waals surface area contributed by atoms with Gasteiger partial charge in [-0.05, 0) is 44.2 Å². The number of aromatic nitrogens is 2. The van der Waals surface area contributed by atoms with E-state index in [1.54, 1.807) is 11.8 Å². The van der Waals surface area contributed by atoms with Crippen LogP contribution in [0.3, 0.4) is 0 Å². The summed E-state index contributed by atoms with van der Waals surface area (Å²) in [6, 6.07) is 10.8. The molecule has 4 rings (SSSR count). The lowest BCUT2D eigenvalue weighted by Crippen LogP contribution is -2.25. The molecule has 2 aromatic rings. The summed E-state index contributed by atoms with van der Waals surface area (Å²) in [5, 5.41) is 17.2. The van der Waals surface area contributed by atoms with Gasteiger partial charge in [0.15, 0.2) is 0 Å². The molecule has 1 aromatic carbocycles. The van der Waals surface area contributed by atoms with E-state index in [0.29, 0.717) is 11.5 Å². The van der Waals surface area contributed by atoms with Crippen molar-refractivity contribution in [1.29, 1.82) is 5.26 Å². The van der Waals surface area contributed by atoms with Gasteiger partial charge in [0.05, 0.1) is 11.3 Å². The van der Waals surface area contributed by atoms with Gasteiger partial charge in [-0.15, -0.1) is 16.9 Å². The standard InChI is InChI=1S/C21H22N4OS/c1-13-7-9-15(10-8-13)27-12-17-19-18(14-5-3-2-4-6-14)16(11-22)20(23)26-21(19)25-24-17/h3,5,7-10,14,18H,2,4,6,12,23H2,1H3,(H,24,25). The second kappa shape index (κ2) is 7.53. The normalized spacial score (nSPS) is 21.5. The van der Waals surface area contributed by atoms with Crippen LogP contribution < -0.4 is 10.5 Å². The highest BCUT2D eigenvalue weighted by Crippen LogP contribution is 2.46. The molecule has 0 fully saturated rings. The molecule has 2 aliphatic rings. The third kappa shape index (κ3) is 3.47. The van der Waals surface area contributed by atoms with Gasteiger partial charge in [-0.2, -0.15) is 5.26 Å². The van der Waals surface area contributed by atoms with Gasteiger partial charge >= 0.3 is 0 Å². The molecule has 2 atom stereocenters. The van der Waals surface area contributed by atoms with Crippen LogP contribution >= 0.6 is 11.8 Å². The van der Waals surface area contributed by atoms with Crippen molar-refractivity contribution in [2.75, 3.05) is 0 Å². The van der Waals surface area contributed by atoms with Gasteiger partial charge in [-0.1, -0.05) is 29.8 Å². The summed E-state index contributed by atoms with van der Waals surface area (Å²) < 4.78 is 5.66. The molecule has 0 bridgehead atoms. The molecule has 1 aliphatic heterocycles. The van der Waals surface area contributed by atoms with E-state index in [0.717, 1.165) is 36.3 Å². The van der Waals surface area contributed by atoms with Gasteiger partial charge < -0.3 is 10.5 Å². The number of nitriles is 1. The highest BCUT2D eigenvalue weighted by Gasteiger charge is 2.38. The van der Waals surface area contributed by atoms with Crippen molar-refractivity contribution < 1.29 is 4.74 Å².